The number of carboxylic acids is 1. The van der Waals surface area contributed by atoms with Crippen molar-refractivity contribution in [3.63, 3.8) is 0 Å². The lowest BCUT2D eigenvalue weighted by atomic mass is 10.1. The average molecular weight is 239 g/mol. The Morgan fingerprint density at radius 3 is 2.27 bits per heavy atom. The summed E-state index contributed by atoms with van der Waals surface area (Å²) in [6.07, 6.45) is 0.468. The molecule has 6 nitrogen and oxygen atoms in total. The predicted molar refractivity (Wildman–Crippen MR) is 54.9 cm³/mol. The third kappa shape index (κ3) is 7.29. The van der Waals surface area contributed by atoms with Crippen LogP contribution in [0.15, 0.2) is 0 Å². The fourth-order valence-electron chi connectivity index (χ4n) is 1.19. The van der Waals surface area contributed by atoms with Crippen molar-refractivity contribution in [2.45, 2.75) is 26.3 Å². The van der Waals surface area contributed by atoms with Crippen LogP contribution >= 0.6 is 0 Å². The van der Waals surface area contributed by atoms with Crippen LogP contribution in [0.5, 0.6) is 0 Å². The van der Waals surface area contributed by atoms with Gasteiger partial charge in [-0.3, -0.25) is 4.79 Å². The van der Waals surface area contributed by atoms with E-state index in [1.165, 1.54) is 0 Å². The number of aliphatic carboxylic acids is 1. The fourth-order valence-corrected chi connectivity index (χ4v) is 2.27. The van der Waals surface area contributed by atoms with E-state index in [-0.39, 0.29) is 12.5 Å². The van der Waals surface area contributed by atoms with Crippen molar-refractivity contribution in [1.29, 1.82) is 0 Å². The summed E-state index contributed by atoms with van der Waals surface area (Å²) in [6, 6.07) is -0.616. The van der Waals surface area contributed by atoms with Gasteiger partial charge in [-0.2, -0.15) is 0 Å². The molecule has 90 valence electrons. The molecule has 0 aromatic rings. The Morgan fingerprint density at radius 1 is 1.40 bits per heavy atom. The quantitative estimate of drug-likeness (QED) is 0.550. The molecule has 0 amide bonds. The minimum Gasteiger partial charge on any atom is -0.480 e. The van der Waals surface area contributed by atoms with Crippen LogP contribution in [0.2, 0.25) is 0 Å². The van der Waals surface area contributed by atoms with Crippen LogP contribution in [0.4, 0.5) is 0 Å². The van der Waals surface area contributed by atoms with Gasteiger partial charge in [0, 0.05) is 6.04 Å². The maximum Gasteiger partial charge on any atom is 0.320 e. The molecule has 15 heavy (non-hydrogen) atoms. The number of aliphatic hydroxyl groups excluding tert-OH is 1. The molecule has 0 aromatic carbocycles. The van der Waals surface area contributed by atoms with Gasteiger partial charge in [-0.1, -0.05) is 13.8 Å². The first-order valence-electron chi connectivity index (χ1n) is 4.59. The van der Waals surface area contributed by atoms with E-state index >= 15 is 0 Å². The van der Waals surface area contributed by atoms with Gasteiger partial charge in [0.2, 0.25) is 10.0 Å². The monoisotopic (exact) mass is 239 g/mol. The minimum absolute atomic E-state index is 0.217. The molecule has 1 atom stereocenters. The summed E-state index contributed by atoms with van der Waals surface area (Å²) in [5, 5.41) is 17.2. The standard InChI is InChI=1S/C8H17NO5S/c1-6(2)3-7(4-10)9-15(13,14)5-8(11)12/h6-7,9-10H,3-5H2,1-2H3,(H,11,12). The van der Waals surface area contributed by atoms with Crippen LogP contribution in [0.1, 0.15) is 20.3 Å². The SMILES string of the molecule is CC(C)CC(CO)NS(=O)(=O)CC(=O)O. The van der Waals surface area contributed by atoms with Gasteiger partial charge in [0.1, 0.15) is 0 Å². The maximum atomic E-state index is 11.2. The number of hydrogen-bond acceptors (Lipinski definition) is 4. The van der Waals surface area contributed by atoms with Crippen LogP contribution < -0.4 is 4.72 Å². The third-order valence-electron chi connectivity index (χ3n) is 1.64. The molecule has 0 radical (unpaired) electrons. The molecule has 0 saturated heterocycles. The zero-order valence-corrected chi connectivity index (χ0v) is 9.62. The largest absolute Gasteiger partial charge is 0.480 e. The normalized spacial score (nSPS) is 14.1. The molecule has 0 heterocycles. The molecule has 0 spiro atoms. The van der Waals surface area contributed by atoms with E-state index in [4.69, 9.17) is 10.2 Å². The lowest BCUT2D eigenvalue weighted by molar-refractivity contribution is -0.134. The fraction of sp³-hybridized carbons (Fsp3) is 0.875. The zero-order valence-electron chi connectivity index (χ0n) is 8.80. The summed E-state index contributed by atoms with van der Waals surface area (Å²) >= 11 is 0. The van der Waals surface area contributed by atoms with E-state index in [0.717, 1.165) is 0 Å². The second-order valence-corrected chi connectivity index (χ2v) is 5.53. The number of rotatable bonds is 7. The molecule has 0 saturated carbocycles. The van der Waals surface area contributed by atoms with Gasteiger partial charge in [-0.15, -0.1) is 0 Å². The van der Waals surface area contributed by atoms with E-state index in [1.807, 2.05) is 13.8 Å². The number of nitrogens with one attached hydrogen (secondary N) is 1. The van der Waals surface area contributed by atoms with E-state index in [0.29, 0.717) is 6.42 Å². The molecule has 0 aromatic heterocycles. The second kappa shape index (κ2) is 6.04. The van der Waals surface area contributed by atoms with Crippen LogP contribution in [0.3, 0.4) is 0 Å². The van der Waals surface area contributed by atoms with E-state index in [9.17, 15) is 13.2 Å². The van der Waals surface area contributed by atoms with Crippen LogP contribution in [0, 0.1) is 5.92 Å². The van der Waals surface area contributed by atoms with Gasteiger partial charge in [0.15, 0.2) is 5.75 Å². The zero-order chi connectivity index (χ0) is 12.1. The number of carbonyl (C=O) groups is 1. The van der Waals surface area contributed by atoms with E-state index in [2.05, 4.69) is 4.72 Å². The molecule has 1 unspecified atom stereocenters. The smallest absolute Gasteiger partial charge is 0.320 e. The highest BCUT2D eigenvalue weighted by molar-refractivity contribution is 7.90. The van der Waals surface area contributed by atoms with Crippen molar-refractivity contribution in [3.8, 4) is 0 Å². The molecule has 0 rings (SSSR count). The van der Waals surface area contributed by atoms with Crippen molar-refractivity contribution in [3.05, 3.63) is 0 Å². The van der Waals surface area contributed by atoms with Crippen LogP contribution in [-0.4, -0.2) is 43.0 Å². The van der Waals surface area contributed by atoms with Crippen molar-refractivity contribution in [2.75, 3.05) is 12.4 Å². The molecule has 0 aliphatic rings. The summed E-state index contributed by atoms with van der Waals surface area (Å²) < 4.78 is 24.5. The number of aliphatic hydroxyl groups is 1. The third-order valence-corrected chi connectivity index (χ3v) is 2.96. The predicted octanol–water partition coefficient (Wildman–Crippen LogP) is -0.603. The van der Waals surface area contributed by atoms with Crippen LogP contribution in [-0.2, 0) is 14.8 Å². The maximum absolute atomic E-state index is 11.2. The lowest BCUT2D eigenvalue weighted by Crippen LogP contribution is -2.41. The highest BCUT2D eigenvalue weighted by Crippen LogP contribution is 2.05. The molecular weight excluding hydrogens is 222 g/mol. The first-order chi connectivity index (χ1) is 6.76. The molecule has 7 heteroatoms. The average Bonchev–Trinajstić information content (AvgIpc) is 1.98. The Bertz CT molecular complexity index is 298. The lowest BCUT2D eigenvalue weighted by Gasteiger charge is -2.17. The van der Waals surface area contributed by atoms with Gasteiger partial charge < -0.3 is 10.2 Å². The van der Waals surface area contributed by atoms with Gasteiger partial charge in [0.25, 0.3) is 0 Å². The summed E-state index contributed by atoms with van der Waals surface area (Å²) in [5.74, 6) is -2.17. The molecule has 0 fully saturated rings. The summed E-state index contributed by atoms with van der Waals surface area (Å²) in [5.41, 5.74) is 0. The molecule has 3 N–H and O–H groups in total. The van der Waals surface area contributed by atoms with E-state index < -0.39 is 27.8 Å². The molecule has 0 aliphatic carbocycles. The van der Waals surface area contributed by atoms with Crippen molar-refractivity contribution in [2.24, 2.45) is 5.92 Å². The topological polar surface area (TPSA) is 104 Å². The molecule has 0 aliphatic heterocycles. The number of hydrogen-bond donors (Lipinski definition) is 3. The van der Waals surface area contributed by atoms with Crippen molar-refractivity contribution in [1.82, 2.24) is 4.72 Å². The first kappa shape index (κ1) is 14.3. The van der Waals surface area contributed by atoms with Crippen LogP contribution in [0.25, 0.3) is 0 Å². The number of carboxylic acid groups (broad SMARTS) is 1. The first-order valence-corrected chi connectivity index (χ1v) is 6.24. The summed E-state index contributed by atoms with van der Waals surface area (Å²) in [4.78, 5) is 10.2. The Morgan fingerprint density at radius 2 is 1.93 bits per heavy atom. The second-order valence-electron chi connectivity index (χ2n) is 3.78. The highest BCUT2D eigenvalue weighted by Gasteiger charge is 2.20. The molecule has 0 bridgehead atoms. The number of sulfonamides is 1. The Labute approximate surface area is 89.4 Å². The molecular formula is C8H17NO5S. The van der Waals surface area contributed by atoms with Gasteiger partial charge in [-0.05, 0) is 12.3 Å². The van der Waals surface area contributed by atoms with Gasteiger partial charge >= 0.3 is 5.97 Å². The van der Waals surface area contributed by atoms with Crippen molar-refractivity contribution >= 4 is 16.0 Å². The summed E-state index contributed by atoms with van der Waals surface area (Å²) in [7, 11) is -3.85. The van der Waals surface area contributed by atoms with Crippen molar-refractivity contribution < 1.29 is 23.4 Å². The van der Waals surface area contributed by atoms with Gasteiger partial charge in [-0.25, -0.2) is 13.1 Å². The highest BCUT2D eigenvalue weighted by atomic mass is 32.2. The van der Waals surface area contributed by atoms with Gasteiger partial charge in [0.05, 0.1) is 6.61 Å². The minimum atomic E-state index is -3.85. The Balaban J connectivity index is 4.34. The summed E-state index contributed by atoms with van der Waals surface area (Å²) in [6.45, 7) is 3.43. The van der Waals surface area contributed by atoms with E-state index in [1.54, 1.807) is 0 Å². The Kier molecular flexibility index (Phi) is 5.77. The Hall–Kier alpha value is -0.660.